The van der Waals surface area contributed by atoms with Crippen molar-refractivity contribution in [3.8, 4) is 5.75 Å². The van der Waals surface area contributed by atoms with Crippen molar-refractivity contribution in [2.45, 2.75) is 11.8 Å². The van der Waals surface area contributed by atoms with Gasteiger partial charge in [-0.25, -0.2) is 8.42 Å². The molecule has 0 heterocycles. The van der Waals surface area contributed by atoms with E-state index < -0.39 is 20.9 Å². The van der Waals surface area contributed by atoms with Crippen LogP contribution in [0.5, 0.6) is 5.75 Å². The SMILES string of the molecule is COc1ccc(C(=O)NCCNc2ccc([N+](=O)[O-])cc2)cc1S(=O)(=O)Nc1ccc(C)cc1. The van der Waals surface area contributed by atoms with E-state index in [-0.39, 0.29) is 28.4 Å². The molecule has 3 aromatic carbocycles. The number of anilines is 2. The van der Waals surface area contributed by atoms with E-state index >= 15 is 0 Å². The molecule has 3 rings (SSSR count). The summed E-state index contributed by atoms with van der Waals surface area (Å²) in [6, 6.07) is 16.9. The second-order valence-electron chi connectivity index (χ2n) is 7.32. The summed E-state index contributed by atoms with van der Waals surface area (Å²) in [4.78, 5) is 22.6. The van der Waals surface area contributed by atoms with Crippen molar-refractivity contribution in [1.82, 2.24) is 5.32 Å². The number of benzene rings is 3. The summed E-state index contributed by atoms with van der Waals surface area (Å²) in [5.74, 6) is -0.351. The minimum absolute atomic E-state index is 0.0130. The lowest BCUT2D eigenvalue weighted by Crippen LogP contribution is -2.29. The van der Waals surface area contributed by atoms with Crippen molar-refractivity contribution in [3.05, 3.63) is 88.0 Å². The van der Waals surface area contributed by atoms with Crippen molar-refractivity contribution < 1.29 is 22.9 Å². The number of carbonyl (C=O) groups is 1. The average molecular weight is 485 g/mol. The number of carbonyl (C=O) groups excluding carboxylic acids is 1. The Kier molecular flexibility index (Phi) is 7.69. The first kappa shape index (κ1) is 24.5. The summed E-state index contributed by atoms with van der Waals surface area (Å²) in [6.45, 7) is 2.50. The normalized spacial score (nSPS) is 10.9. The van der Waals surface area contributed by atoms with Gasteiger partial charge in [-0.05, 0) is 49.4 Å². The standard InChI is InChI=1S/C23H24N4O6S/c1-16-3-6-19(7-4-16)26-34(31,32)22-15-17(5-12-21(22)33-2)23(28)25-14-13-24-18-8-10-20(11-9-18)27(29)30/h3-12,15,24,26H,13-14H2,1-2H3,(H,25,28). The molecule has 0 spiro atoms. The first-order valence-corrected chi connectivity index (χ1v) is 11.7. The lowest BCUT2D eigenvalue weighted by molar-refractivity contribution is -0.384. The van der Waals surface area contributed by atoms with Gasteiger partial charge in [-0.15, -0.1) is 0 Å². The highest BCUT2D eigenvalue weighted by Gasteiger charge is 2.22. The zero-order chi connectivity index (χ0) is 24.7. The minimum Gasteiger partial charge on any atom is -0.495 e. The van der Waals surface area contributed by atoms with E-state index in [1.165, 1.54) is 37.4 Å². The van der Waals surface area contributed by atoms with E-state index in [1.54, 1.807) is 36.4 Å². The van der Waals surface area contributed by atoms with Gasteiger partial charge < -0.3 is 15.4 Å². The lowest BCUT2D eigenvalue weighted by Gasteiger charge is -2.13. The maximum Gasteiger partial charge on any atom is 0.269 e. The number of ether oxygens (including phenoxy) is 1. The highest BCUT2D eigenvalue weighted by Crippen LogP contribution is 2.27. The largest absolute Gasteiger partial charge is 0.495 e. The predicted octanol–water partition coefficient (Wildman–Crippen LogP) is 3.55. The third-order valence-corrected chi connectivity index (χ3v) is 6.24. The van der Waals surface area contributed by atoms with E-state index in [9.17, 15) is 23.3 Å². The van der Waals surface area contributed by atoms with E-state index in [0.29, 0.717) is 17.9 Å². The van der Waals surface area contributed by atoms with Gasteiger partial charge in [0.2, 0.25) is 0 Å². The number of methoxy groups -OCH3 is 1. The molecule has 0 bridgehead atoms. The molecule has 0 aromatic heterocycles. The van der Waals surface area contributed by atoms with Gasteiger partial charge in [-0.2, -0.15) is 0 Å². The van der Waals surface area contributed by atoms with Gasteiger partial charge in [0.05, 0.1) is 12.0 Å². The summed E-state index contributed by atoms with van der Waals surface area (Å²) >= 11 is 0. The van der Waals surface area contributed by atoms with Gasteiger partial charge in [0.25, 0.3) is 21.6 Å². The number of rotatable bonds is 10. The molecule has 3 N–H and O–H groups in total. The second kappa shape index (κ2) is 10.7. The fraction of sp³-hybridized carbons (Fsp3) is 0.174. The van der Waals surface area contributed by atoms with Crippen molar-refractivity contribution in [3.63, 3.8) is 0 Å². The van der Waals surface area contributed by atoms with Gasteiger partial charge >= 0.3 is 0 Å². The molecular weight excluding hydrogens is 460 g/mol. The summed E-state index contributed by atoms with van der Waals surface area (Å²) < 4.78 is 33.6. The van der Waals surface area contributed by atoms with Crippen LogP contribution in [0.3, 0.4) is 0 Å². The van der Waals surface area contributed by atoms with Crippen LogP contribution in [0, 0.1) is 17.0 Å². The molecule has 0 aliphatic rings. The first-order chi connectivity index (χ1) is 16.2. The Morgan fingerprint density at radius 2 is 1.62 bits per heavy atom. The Balaban J connectivity index is 1.65. The number of hydrogen-bond acceptors (Lipinski definition) is 7. The number of nitro groups is 1. The smallest absolute Gasteiger partial charge is 0.269 e. The Bertz CT molecular complexity index is 1280. The van der Waals surface area contributed by atoms with Crippen LogP contribution in [0.4, 0.5) is 17.1 Å². The van der Waals surface area contributed by atoms with E-state index in [4.69, 9.17) is 4.74 Å². The quantitative estimate of drug-likeness (QED) is 0.227. The number of nitrogens with one attached hydrogen (secondary N) is 3. The monoisotopic (exact) mass is 484 g/mol. The van der Waals surface area contributed by atoms with Crippen LogP contribution < -0.4 is 20.1 Å². The highest BCUT2D eigenvalue weighted by atomic mass is 32.2. The Morgan fingerprint density at radius 1 is 0.971 bits per heavy atom. The van der Waals surface area contributed by atoms with E-state index in [1.807, 2.05) is 6.92 Å². The lowest BCUT2D eigenvalue weighted by atomic mass is 10.2. The van der Waals surface area contributed by atoms with Crippen molar-refractivity contribution >= 4 is 33.0 Å². The van der Waals surface area contributed by atoms with Gasteiger partial charge in [0.15, 0.2) is 0 Å². The Hall–Kier alpha value is -4.12. The zero-order valence-corrected chi connectivity index (χ0v) is 19.4. The Labute approximate surface area is 197 Å². The van der Waals surface area contributed by atoms with Gasteiger partial charge in [0.1, 0.15) is 10.6 Å². The number of amides is 1. The molecule has 1 amide bonds. The summed E-state index contributed by atoms with van der Waals surface area (Å²) in [5, 5.41) is 16.4. The molecule has 0 aliphatic carbocycles. The number of sulfonamides is 1. The fourth-order valence-electron chi connectivity index (χ4n) is 3.05. The predicted molar refractivity (Wildman–Crippen MR) is 129 cm³/mol. The molecule has 0 aliphatic heterocycles. The molecule has 0 radical (unpaired) electrons. The molecule has 0 fully saturated rings. The first-order valence-electron chi connectivity index (χ1n) is 10.2. The van der Waals surface area contributed by atoms with Gasteiger partial charge in [-0.3, -0.25) is 19.6 Å². The van der Waals surface area contributed by atoms with Crippen LogP contribution in [-0.2, 0) is 10.0 Å². The zero-order valence-electron chi connectivity index (χ0n) is 18.6. The average Bonchev–Trinajstić information content (AvgIpc) is 2.83. The molecule has 0 saturated carbocycles. The maximum absolute atomic E-state index is 12.9. The minimum atomic E-state index is -4.01. The molecule has 0 atom stereocenters. The van der Waals surface area contributed by atoms with Crippen LogP contribution in [0.1, 0.15) is 15.9 Å². The van der Waals surface area contributed by atoms with Crippen LogP contribution in [0.25, 0.3) is 0 Å². The summed E-state index contributed by atoms with van der Waals surface area (Å²) in [6.07, 6.45) is 0. The molecule has 10 nitrogen and oxygen atoms in total. The van der Waals surface area contributed by atoms with Gasteiger partial charge in [-0.1, -0.05) is 17.7 Å². The molecule has 3 aromatic rings. The Morgan fingerprint density at radius 3 is 2.24 bits per heavy atom. The molecule has 34 heavy (non-hydrogen) atoms. The number of aryl methyl sites for hydroxylation is 1. The van der Waals surface area contributed by atoms with Crippen LogP contribution in [-0.4, -0.2) is 39.4 Å². The van der Waals surface area contributed by atoms with Gasteiger partial charge in [0, 0.05) is 42.2 Å². The van der Waals surface area contributed by atoms with E-state index in [2.05, 4.69) is 15.4 Å². The number of nitro benzene ring substituents is 1. The molecular formula is C23H24N4O6S. The van der Waals surface area contributed by atoms with Crippen molar-refractivity contribution in [1.29, 1.82) is 0 Å². The number of non-ortho nitro benzene ring substituents is 1. The summed E-state index contributed by atoms with van der Waals surface area (Å²) in [7, 11) is -2.66. The summed E-state index contributed by atoms with van der Waals surface area (Å²) in [5.41, 5.74) is 2.18. The van der Waals surface area contributed by atoms with Crippen LogP contribution >= 0.6 is 0 Å². The van der Waals surface area contributed by atoms with E-state index in [0.717, 1.165) is 5.56 Å². The molecule has 178 valence electrons. The number of hydrogen-bond donors (Lipinski definition) is 3. The third-order valence-electron chi connectivity index (χ3n) is 4.84. The fourth-order valence-corrected chi connectivity index (χ4v) is 4.30. The molecule has 0 saturated heterocycles. The second-order valence-corrected chi connectivity index (χ2v) is 8.97. The topological polar surface area (TPSA) is 140 Å². The third kappa shape index (κ3) is 6.23. The molecule has 0 unspecified atom stereocenters. The van der Waals surface area contributed by atoms with Crippen molar-refractivity contribution in [2.24, 2.45) is 0 Å². The number of nitrogens with zero attached hydrogens (tertiary/aromatic N) is 1. The highest BCUT2D eigenvalue weighted by molar-refractivity contribution is 7.92. The molecule has 11 heteroatoms. The maximum atomic E-state index is 12.9. The van der Waals surface area contributed by atoms with Crippen LogP contribution in [0.15, 0.2) is 71.6 Å². The van der Waals surface area contributed by atoms with Crippen LogP contribution in [0.2, 0.25) is 0 Å². The van der Waals surface area contributed by atoms with Crippen molar-refractivity contribution in [2.75, 3.05) is 30.2 Å².